The zero-order valence-electron chi connectivity index (χ0n) is 13.9. The summed E-state index contributed by atoms with van der Waals surface area (Å²) in [5.74, 6) is -0.896. The van der Waals surface area contributed by atoms with E-state index in [-0.39, 0.29) is 0 Å². The average Bonchev–Trinajstić information content (AvgIpc) is 2.48. The highest BCUT2D eigenvalue weighted by molar-refractivity contribution is 9.10. The Morgan fingerprint density at radius 1 is 1.17 bits per heavy atom. The summed E-state index contributed by atoms with van der Waals surface area (Å²) >= 11 is 3.31. The van der Waals surface area contributed by atoms with E-state index in [0.717, 1.165) is 4.47 Å². The fourth-order valence-corrected chi connectivity index (χ4v) is 2.26. The summed E-state index contributed by atoms with van der Waals surface area (Å²) in [6.07, 6.45) is 0.413. The molecule has 3 amide bonds. The first-order chi connectivity index (χ1) is 11.3. The van der Waals surface area contributed by atoms with Crippen molar-refractivity contribution in [2.75, 3.05) is 5.32 Å². The molecule has 0 saturated heterocycles. The molecular formula is C16H22BrN3O4. The number of rotatable bonds is 7. The minimum atomic E-state index is -0.759. The standard InChI is InChI=1S/C16H22BrN3O4/c1-4-5-14(15(22)18-10(2)24-11(3)21)20-16(23)19-13-8-6-12(17)7-9-13/h6-10,14H,4-5H2,1-3H3,(H,18,22)(H2,19,20,23)/t10?,14-/m0/s1. The Kier molecular flexibility index (Phi) is 8.25. The van der Waals surface area contributed by atoms with Crippen molar-refractivity contribution in [3.05, 3.63) is 28.7 Å². The van der Waals surface area contributed by atoms with Crippen LogP contribution < -0.4 is 16.0 Å². The number of benzene rings is 1. The third kappa shape index (κ3) is 7.45. The number of nitrogens with one attached hydrogen (secondary N) is 3. The number of carbonyl (C=O) groups is 3. The smallest absolute Gasteiger partial charge is 0.319 e. The second-order valence-electron chi connectivity index (χ2n) is 5.21. The molecule has 0 fully saturated rings. The quantitative estimate of drug-likeness (QED) is 0.485. The fraction of sp³-hybridized carbons (Fsp3) is 0.438. The molecule has 1 rings (SSSR count). The van der Waals surface area contributed by atoms with Gasteiger partial charge in [-0.2, -0.15) is 0 Å². The molecule has 1 unspecified atom stereocenters. The van der Waals surface area contributed by atoms with Gasteiger partial charge in [0, 0.05) is 17.1 Å². The third-order valence-electron chi connectivity index (χ3n) is 2.99. The number of esters is 1. The number of carbonyl (C=O) groups excluding carboxylic acids is 3. The van der Waals surface area contributed by atoms with Gasteiger partial charge in [0.15, 0.2) is 6.23 Å². The molecule has 0 saturated carbocycles. The van der Waals surface area contributed by atoms with Gasteiger partial charge in [-0.05, 0) is 37.6 Å². The predicted octanol–water partition coefficient (Wildman–Crippen LogP) is 2.76. The molecule has 0 heterocycles. The SMILES string of the molecule is CCC[C@H](NC(=O)Nc1ccc(Br)cc1)C(=O)NC(C)OC(C)=O. The van der Waals surface area contributed by atoms with Gasteiger partial charge < -0.3 is 20.7 Å². The summed E-state index contributed by atoms with van der Waals surface area (Å²) in [5.41, 5.74) is 0.611. The summed E-state index contributed by atoms with van der Waals surface area (Å²) in [6, 6.07) is 5.87. The molecule has 0 aliphatic heterocycles. The molecule has 132 valence electrons. The van der Waals surface area contributed by atoms with E-state index in [0.29, 0.717) is 18.5 Å². The first-order valence-electron chi connectivity index (χ1n) is 7.62. The van der Waals surface area contributed by atoms with Crippen LogP contribution in [0.5, 0.6) is 0 Å². The van der Waals surface area contributed by atoms with Gasteiger partial charge in [-0.15, -0.1) is 0 Å². The monoisotopic (exact) mass is 399 g/mol. The lowest BCUT2D eigenvalue weighted by atomic mass is 10.1. The normalized spacial score (nSPS) is 12.7. The molecule has 0 aliphatic rings. The Morgan fingerprint density at radius 2 is 1.79 bits per heavy atom. The molecular weight excluding hydrogens is 378 g/mol. The van der Waals surface area contributed by atoms with E-state index < -0.39 is 30.2 Å². The molecule has 0 bridgehead atoms. The van der Waals surface area contributed by atoms with E-state index in [1.54, 1.807) is 31.2 Å². The Balaban J connectivity index is 2.60. The van der Waals surface area contributed by atoms with Crippen LogP contribution in [-0.4, -0.2) is 30.2 Å². The van der Waals surface area contributed by atoms with Crippen molar-refractivity contribution in [3.63, 3.8) is 0 Å². The van der Waals surface area contributed by atoms with Crippen molar-refractivity contribution >= 4 is 39.5 Å². The summed E-state index contributed by atoms with van der Waals surface area (Å²) < 4.78 is 5.76. The molecule has 2 atom stereocenters. The van der Waals surface area contributed by atoms with Crippen LogP contribution in [0.1, 0.15) is 33.6 Å². The molecule has 24 heavy (non-hydrogen) atoms. The van der Waals surface area contributed by atoms with E-state index >= 15 is 0 Å². The summed E-state index contributed by atoms with van der Waals surface area (Å²) in [7, 11) is 0. The van der Waals surface area contributed by atoms with Crippen LogP contribution in [0.2, 0.25) is 0 Å². The minimum absolute atomic E-state index is 0.406. The second kappa shape index (κ2) is 9.92. The van der Waals surface area contributed by atoms with Crippen LogP contribution in [-0.2, 0) is 14.3 Å². The van der Waals surface area contributed by atoms with Gasteiger partial charge in [-0.3, -0.25) is 9.59 Å². The summed E-state index contributed by atoms with van der Waals surface area (Å²) in [4.78, 5) is 35.1. The summed E-state index contributed by atoms with van der Waals surface area (Å²) in [5, 5.41) is 7.83. The number of amides is 3. The Labute approximate surface area is 149 Å². The zero-order chi connectivity index (χ0) is 18.1. The molecule has 1 aromatic carbocycles. The molecule has 0 aromatic heterocycles. The predicted molar refractivity (Wildman–Crippen MR) is 94.4 cm³/mol. The minimum Gasteiger partial charge on any atom is -0.442 e. The maximum atomic E-state index is 12.2. The number of halogens is 1. The number of hydrogen-bond acceptors (Lipinski definition) is 4. The van der Waals surface area contributed by atoms with E-state index in [9.17, 15) is 14.4 Å². The molecule has 3 N–H and O–H groups in total. The lowest BCUT2D eigenvalue weighted by molar-refractivity contribution is -0.148. The van der Waals surface area contributed by atoms with Crippen molar-refractivity contribution in [3.8, 4) is 0 Å². The van der Waals surface area contributed by atoms with Crippen molar-refractivity contribution in [1.29, 1.82) is 0 Å². The maximum absolute atomic E-state index is 12.2. The van der Waals surface area contributed by atoms with Gasteiger partial charge in [-0.25, -0.2) is 4.79 Å². The Hall–Kier alpha value is -2.09. The van der Waals surface area contributed by atoms with Gasteiger partial charge in [0.2, 0.25) is 5.91 Å². The van der Waals surface area contributed by atoms with Crippen molar-refractivity contribution in [2.24, 2.45) is 0 Å². The third-order valence-corrected chi connectivity index (χ3v) is 3.52. The highest BCUT2D eigenvalue weighted by Crippen LogP contribution is 2.14. The lowest BCUT2D eigenvalue weighted by Gasteiger charge is -2.21. The highest BCUT2D eigenvalue weighted by Gasteiger charge is 2.22. The van der Waals surface area contributed by atoms with Crippen LogP contribution in [0.3, 0.4) is 0 Å². The molecule has 0 radical (unpaired) electrons. The largest absolute Gasteiger partial charge is 0.442 e. The van der Waals surface area contributed by atoms with Gasteiger partial charge >= 0.3 is 12.0 Å². The first kappa shape index (κ1) is 20.0. The van der Waals surface area contributed by atoms with Gasteiger partial charge in [0.1, 0.15) is 6.04 Å². The van der Waals surface area contributed by atoms with Crippen LogP contribution in [0.4, 0.5) is 10.5 Å². The van der Waals surface area contributed by atoms with Gasteiger partial charge in [-0.1, -0.05) is 29.3 Å². The van der Waals surface area contributed by atoms with Crippen molar-refractivity contribution in [1.82, 2.24) is 10.6 Å². The van der Waals surface area contributed by atoms with Crippen molar-refractivity contribution < 1.29 is 19.1 Å². The molecule has 0 aliphatic carbocycles. The van der Waals surface area contributed by atoms with Gasteiger partial charge in [0.25, 0.3) is 0 Å². The highest BCUT2D eigenvalue weighted by atomic mass is 79.9. The van der Waals surface area contributed by atoms with E-state index in [1.807, 2.05) is 6.92 Å². The van der Waals surface area contributed by atoms with E-state index in [4.69, 9.17) is 4.74 Å². The molecule has 0 spiro atoms. The van der Waals surface area contributed by atoms with Crippen LogP contribution in [0.15, 0.2) is 28.7 Å². The Morgan fingerprint density at radius 3 is 2.33 bits per heavy atom. The average molecular weight is 400 g/mol. The number of anilines is 1. The number of ether oxygens (including phenoxy) is 1. The number of urea groups is 1. The van der Waals surface area contributed by atoms with Gasteiger partial charge in [0.05, 0.1) is 0 Å². The van der Waals surface area contributed by atoms with Crippen LogP contribution in [0.25, 0.3) is 0 Å². The second-order valence-corrected chi connectivity index (χ2v) is 6.12. The van der Waals surface area contributed by atoms with Crippen LogP contribution >= 0.6 is 15.9 Å². The molecule has 8 heteroatoms. The van der Waals surface area contributed by atoms with Crippen LogP contribution in [0, 0.1) is 0 Å². The van der Waals surface area contributed by atoms with Crippen molar-refractivity contribution in [2.45, 2.75) is 45.9 Å². The number of hydrogen-bond donors (Lipinski definition) is 3. The summed E-state index contributed by atoms with van der Waals surface area (Å²) in [6.45, 7) is 4.71. The topological polar surface area (TPSA) is 96.5 Å². The Bertz CT molecular complexity index is 577. The maximum Gasteiger partial charge on any atom is 0.319 e. The zero-order valence-corrected chi connectivity index (χ0v) is 15.5. The van der Waals surface area contributed by atoms with E-state index in [2.05, 4.69) is 31.9 Å². The molecule has 7 nitrogen and oxygen atoms in total. The molecule has 1 aromatic rings. The lowest BCUT2D eigenvalue weighted by Crippen LogP contribution is -2.50. The first-order valence-corrected chi connectivity index (χ1v) is 8.41. The van der Waals surface area contributed by atoms with E-state index in [1.165, 1.54) is 6.92 Å². The fourth-order valence-electron chi connectivity index (χ4n) is 2.00.